The van der Waals surface area contributed by atoms with Crippen LogP contribution in [-0.4, -0.2) is 29.0 Å². The average Bonchev–Trinajstić information content (AvgIpc) is 3.40. The van der Waals surface area contributed by atoms with Crippen molar-refractivity contribution in [3.05, 3.63) is 65.5 Å². The molecule has 7 nitrogen and oxygen atoms in total. The predicted molar refractivity (Wildman–Crippen MR) is 122 cm³/mol. The van der Waals surface area contributed by atoms with E-state index in [2.05, 4.69) is 40.8 Å². The Labute approximate surface area is 188 Å². The second-order valence-electron chi connectivity index (χ2n) is 7.58. The molecule has 1 amide bonds. The van der Waals surface area contributed by atoms with Gasteiger partial charge in [0.05, 0.1) is 29.5 Å². The lowest BCUT2D eigenvalue weighted by Crippen LogP contribution is -2.11. The van der Waals surface area contributed by atoms with Crippen LogP contribution in [0.3, 0.4) is 0 Å². The molecule has 3 rings (SSSR count). The van der Waals surface area contributed by atoms with E-state index in [1.165, 1.54) is 24.5 Å². The van der Waals surface area contributed by atoms with E-state index in [0.29, 0.717) is 27.9 Å². The SMILES string of the molecule is COC(=O)/C=C/c1cccc(C(=O)Nc2ncc(SCc3ncc(C(C)(C)C)o3)s2)c1. The monoisotopic (exact) mass is 457 g/mol. The van der Waals surface area contributed by atoms with Gasteiger partial charge in [0.25, 0.3) is 5.91 Å². The summed E-state index contributed by atoms with van der Waals surface area (Å²) in [6.45, 7) is 6.23. The van der Waals surface area contributed by atoms with Gasteiger partial charge in [-0.1, -0.05) is 44.2 Å². The number of hydrogen-bond donors (Lipinski definition) is 1. The topological polar surface area (TPSA) is 94.3 Å². The van der Waals surface area contributed by atoms with Gasteiger partial charge < -0.3 is 9.15 Å². The molecule has 0 aliphatic carbocycles. The maximum atomic E-state index is 12.6. The number of rotatable bonds is 7. The summed E-state index contributed by atoms with van der Waals surface area (Å²) < 4.78 is 11.3. The van der Waals surface area contributed by atoms with Gasteiger partial charge in [0, 0.05) is 17.1 Å². The Balaban J connectivity index is 1.58. The van der Waals surface area contributed by atoms with E-state index in [1.807, 2.05) is 0 Å². The first-order valence-corrected chi connectivity index (χ1v) is 11.3. The zero-order valence-electron chi connectivity index (χ0n) is 17.7. The maximum Gasteiger partial charge on any atom is 0.330 e. The third-order valence-corrected chi connectivity index (χ3v) is 6.19. The van der Waals surface area contributed by atoms with Crippen LogP contribution in [0.5, 0.6) is 0 Å². The number of benzene rings is 1. The summed E-state index contributed by atoms with van der Waals surface area (Å²) in [6.07, 6.45) is 6.38. The fraction of sp³-hybridized carbons (Fsp3) is 0.273. The number of methoxy groups -OCH3 is 1. The number of nitrogens with zero attached hydrogens (tertiary/aromatic N) is 2. The number of thiazole rings is 1. The number of thioether (sulfide) groups is 1. The molecular formula is C22H23N3O4S2. The molecule has 0 saturated heterocycles. The standard InChI is InChI=1S/C22H23N3O4S2/c1-22(2,3)16-11-23-17(29-16)13-30-19-12-24-21(31-19)25-20(27)15-7-5-6-14(10-15)8-9-18(26)28-4/h5-12H,13H2,1-4H3,(H,24,25,27)/b9-8+. The van der Waals surface area contributed by atoms with Crippen molar-refractivity contribution in [2.45, 2.75) is 36.1 Å². The van der Waals surface area contributed by atoms with Crippen LogP contribution in [0.1, 0.15) is 48.3 Å². The minimum Gasteiger partial charge on any atom is -0.466 e. The van der Waals surface area contributed by atoms with E-state index in [-0.39, 0.29) is 11.3 Å². The first kappa shape index (κ1) is 22.8. The smallest absolute Gasteiger partial charge is 0.330 e. The van der Waals surface area contributed by atoms with Gasteiger partial charge in [-0.15, -0.1) is 11.8 Å². The van der Waals surface area contributed by atoms with Gasteiger partial charge in [-0.2, -0.15) is 0 Å². The number of carbonyl (C=O) groups is 2. The van der Waals surface area contributed by atoms with E-state index in [9.17, 15) is 9.59 Å². The first-order chi connectivity index (χ1) is 14.7. The highest BCUT2D eigenvalue weighted by Gasteiger charge is 2.19. The summed E-state index contributed by atoms with van der Waals surface area (Å²) in [5, 5.41) is 3.31. The summed E-state index contributed by atoms with van der Waals surface area (Å²) in [5.41, 5.74) is 1.10. The van der Waals surface area contributed by atoms with Crippen molar-refractivity contribution in [1.29, 1.82) is 0 Å². The van der Waals surface area contributed by atoms with Crippen LogP contribution >= 0.6 is 23.1 Å². The highest BCUT2D eigenvalue weighted by atomic mass is 32.2. The first-order valence-electron chi connectivity index (χ1n) is 9.46. The normalized spacial score (nSPS) is 11.6. The molecule has 0 atom stereocenters. The minimum absolute atomic E-state index is 0.0791. The molecule has 0 saturated carbocycles. The molecular weight excluding hydrogens is 434 g/mol. The van der Waals surface area contributed by atoms with Gasteiger partial charge in [0.15, 0.2) is 5.13 Å². The number of nitrogens with one attached hydrogen (secondary N) is 1. The van der Waals surface area contributed by atoms with Gasteiger partial charge in [-0.05, 0) is 23.8 Å². The number of amides is 1. The Hall–Kier alpha value is -2.91. The average molecular weight is 458 g/mol. The quantitative estimate of drug-likeness (QED) is 0.297. The van der Waals surface area contributed by atoms with Gasteiger partial charge >= 0.3 is 5.97 Å². The van der Waals surface area contributed by atoms with Crippen molar-refractivity contribution in [3.63, 3.8) is 0 Å². The van der Waals surface area contributed by atoms with Crippen molar-refractivity contribution < 1.29 is 18.7 Å². The fourth-order valence-corrected chi connectivity index (χ4v) is 4.15. The van der Waals surface area contributed by atoms with Gasteiger partial charge in [-0.3, -0.25) is 10.1 Å². The molecule has 1 aromatic carbocycles. The molecule has 1 N–H and O–H groups in total. The molecule has 0 unspecified atom stereocenters. The van der Waals surface area contributed by atoms with E-state index >= 15 is 0 Å². The third-order valence-electron chi connectivity index (χ3n) is 4.10. The van der Waals surface area contributed by atoms with Crippen LogP contribution in [-0.2, 0) is 20.7 Å². The number of aromatic nitrogens is 2. The third kappa shape index (κ3) is 6.53. The van der Waals surface area contributed by atoms with Crippen molar-refractivity contribution in [1.82, 2.24) is 9.97 Å². The van der Waals surface area contributed by atoms with Gasteiger partial charge in [0.1, 0.15) is 5.76 Å². The van der Waals surface area contributed by atoms with Crippen LogP contribution in [0.2, 0.25) is 0 Å². The van der Waals surface area contributed by atoms with Crippen molar-refractivity contribution in [3.8, 4) is 0 Å². The molecule has 0 aliphatic rings. The van der Waals surface area contributed by atoms with Crippen LogP contribution in [0.4, 0.5) is 5.13 Å². The van der Waals surface area contributed by atoms with Crippen LogP contribution in [0, 0.1) is 0 Å². The zero-order valence-corrected chi connectivity index (χ0v) is 19.3. The Morgan fingerprint density at radius 2 is 2.06 bits per heavy atom. The lowest BCUT2D eigenvalue weighted by molar-refractivity contribution is -0.134. The fourth-order valence-electron chi connectivity index (χ4n) is 2.43. The lowest BCUT2D eigenvalue weighted by atomic mass is 9.94. The summed E-state index contributed by atoms with van der Waals surface area (Å²) in [7, 11) is 1.31. The number of carbonyl (C=O) groups excluding carboxylic acids is 2. The number of ether oxygens (including phenoxy) is 1. The molecule has 0 aliphatic heterocycles. The van der Waals surface area contributed by atoms with Crippen molar-refractivity contribution >= 4 is 46.2 Å². The molecule has 162 valence electrons. The van der Waals surface area contributed by atoms with Crippen LogP contribution in [0.15, 0.2) is 51.4 Å². The number of oxazole rings is 1. The summed E-state index contributed by atoms with van der Waals surface area (Å²) >= 11 is 2.93. The Morgan fingerprint density at radius 1 is 1.26 bits per heavy atom. The molecule has 0 radical (unpaired) electrons. The van der Waals surface area contributed by atoms with Crippen molar-refractivity contribution in [2.24, 2.45) is 0 Å². The van der Waals surface area contributed by atoms with E-state index in [1.54, 1.807) is 54.5 Å². The van der Waals surface area contributed by atoms with Crippen molar-refractivity contribution in [2.75, 3.05) is 12.4 Å². The summed E-state index contributed by atoms with van der Waals surface area (Å²) in [5.74, 6) is 1.36. The Morgan fingerprint density at radius 3 is 2.77 bits per heavy atom. The molecule has 0 bridgehead atoms. The summed E-state index contributed by atoms with van der Waals surface area (Å²) in [4.78, 5) is 32.4. The second kappa shape index (κ2) is 9.93. The Kier molecular flexibility index (Phi) is 7.29. The molecule has 31 heavy (non-hydrogen) atoms. The molecule has 0 spiro atoms. The second-order valence-corrected chi connectivity index (χ2v) is 9.88. The van der Waals surface area contributed by atoms with Crippen LogP contribution < -0.4 is 5.32 Å². The molecule has 2 heterocycles. The molecule has 3 aromatic rings. The lowest BCUT2D eigenvalue weighted by Gasteiger charge is -2.12. The molecule has 9 heteroatoms. The van der Waals surface area contributed by atoms with Gasteiger partial charge in [-0.25, -0.2) is 14.8 Å². The number of hydrogen-bond acceptors (Lipinski definition) is 8. The van der Waals surface area contributed by atoms with E-state index in [0.717, 1.165) is 9.97 Å². The highest BCUT2D eigenvalue weighted by molar-refractivity contribution is 8.00. The van der Waals surface area contributed by atoms with E-state index < -0.39 is 5.97 Å². The maximum absolute atomic E-state index is 12.6. The number of anilines is 1. The zero-order chi connectivity index (χ0) is 22.4. The van der Waals surface area contributed by atoms with Crippen LogP contribution in [0.25, 0.3) is 6.08 Å². The summed E-state index contributed by atoms with van der Waals surface area (Å²) in [6, 6.07) is 6.93. The molecule has 0 fully saturated rings. The predicted octanol–water partition coefficient (Wildman–Crippen LogP) is 5.16. The Bertz CT molecular complexity index is 1100. The largest absolute Gasteiger partial charge is 0.466 e. The molecule has 2 aromatic heterocycles. The highest BCUT2D eigenvalue weighted by Crippen LogP contribution is 2.32. The van der Waals surface area contributed by atoms with Gasteiger partial charge in [0.2, 0.25) is 5.89 Å². The minimum atomic E-state index is -0.456. The number of esters is 1. The van der Waals surface area contributed by atoms with E-state index in [4.69, 9.17) is 4.42 Å².